The van der Waals surface area contributed by atoms with E-state index >= 15 is 0 Å². The van der Waals surface area contributed by atoms with Crippen molar-refractivity contribution in [2.75, 3.05) is 58.9 Å². The van der Waals surface area contributed by atoms with Gasteiger partial charge in [-0.05, 0) is 44.5 Å². The molecule has 1 aromatic heterocycles. The number of aromatic nitrogens is 2. The molecule has 242 valence electrons. The van der Waals surface area contributed by atoms with Gasteiger partial charge in [-0.1, -0.05) is 38.1 Å². The fraction of sp³-hybridized carbons (Fsp3) is 0.485. The maximum atomic E-state index is 14.8. The highest BCUT2D eigenvalue weighted by Crippen LogP contribution is 2.20. The number of ether oxygens (including phenoxy) is 1. The predicted octanol–water partition coefficient (Wildman–Crippen LogP) is 3.52. The van der Waals surface area contributed by atoms with Crippen LogP contribution in [0.4, 0.5) is 9.18 Å². The largest absolute Gasteiger partial charge is 0.444 e. The number of fused-ring (bicyclic) bond motifs is 1. The summed E-state index contributed by atoms with van der Waals surface area (Å²) in [7, 11) is 0. The Bertz CT molecular complexity index is 1570. The third-order valence-electron chi connectivity index (χ3n) is 7.71. The van der Waals surface area contributed by atoms with E-state index in [1.54, 1.807) is 32.9 Å². The summed E-state index contributed by atoms with van der Waals surface area (Å²) < 4.78 is 20.3. The molecule has 3 heterocycles. The number of carbonyl (C=O) groups excluding carboxylic acids is 3. The van der Waals surface area contributed by atoms with E-state index in [9.17, 15) is 23.6 Å². The zero-order valence-electron chi connectivity index (χ0n) is 26.8. The monoisotopic (exact) mass is 622 g/mol. The van der Waals surface area contributed by atoms with Gasteiger partial charge in [0.05, 0.1) is 23.2 Å². The van der Waals surface area contributed by atoms with Crippen molar-refractivity contribution in [3.8, 4) is 0 Å². The van der Waals surface area contributed by atoms with Gasteiger partial charge in [0.2, 0.25) is 5.91 Å². The van der Waals surface area contributed by atoms with E-state index in [0.29, 0.717) is 80.8 Å². The van der Waals surface area contributed by atoms with E-state index in [4.69, 9.17) is 4.74 Å². The quantitative estimate of drug-likeness (QED) is 0.463. The number of nitrogens with zero attached hydrogens (tertiary/aromatic N) is 5. The molecule has 0 atom stereocenters. The molecule has 0 radical (unpaired) electrons. The fourth-order valence-electron chi connectivity index (χ4n) is 5.38. The third-order valence-corrected chi connectivity index (χ3v) is 7.71. The van der Waals surface area contributed by atoms with E-state index in [-0.39, 0.29) is 29.7 Å². The van der Waals surface area contributed by atoms with Crippen LogP contribution >= 0.6 is 0 Å². The van der Waals surface area contributed by atoms with E-state index in [1.165, 1.54) is 12.1 Å². The van der Waals surface area contributed by atoms with Gasteiger partial charge >= 0.3 is 6.09 Å². The molecule has 11 nitrogen and oxygen atoms in total. The number of hydrogen-bond donors (Lipinski definition) is 1. The van der Waals surface area contributed by atoms with Gasteiger partial charge in [0.15, 0.2) is 0 Å². The van der Waals surface area contributed by atoms with Crippen molar-refractivity contribution < 1.29 is 23.5 Å². The molecule has 2 aromatic carbocycles. The molecule has 0 aliphatic carbocycles. The van der Waals surface area contributed by atoms with Crippen LogP contribution < -0.4 is 5.56 Å². The Kier molecular flexibility index (Phi) is 10.9. The molecule has 0 spiro atoms. The molecule has 3 amide bonds. The first-order valence-electron chi connectivity index (χ1n) is 15.5. The molecule has 5 rings (SSSR count). The summed E-state index contributed by atoms with van der Waals surface area (Å²) in [5.74, 6) is -1.08. The third kappa shape index (κ3) is 8.44. The van der Waals surface area contributed by atoms with Crippen molar-refractivity contribution in [1.82, 2.24) is 29.8 Å². The number of rotatable bonds is 5. The molecular weight excluding hydrogens is 579 g/mol. The van der Waals surface area contributed by atoms with E-state index in [0.717, 1.165) is 0 Å². The molecule has 2 aliphatic rings. The van der Waals surface area contributed by atoms with Gasteiger partial charge in [-0.2, -0.15) is 5.10 Å². The Morgan fingerprint density at radius 1 is 0.867 bits per heavy atom. The fourth-order valence-corrected chi connectivity index (χ4v) is 5.38. The minimum Gasteiger partial charge on any atom is -0.444 e. The van der Waals surface area contributed by atoms with Crippen LogP contribution in [0.3, 0.4) is 0 Å². The maximum absolute atomic E-state index is 14.8. The standard InChI is InChI=1S/C31H37FN6O5.C2H6/c1-31(2,3)43-30(42)38-12-10-35(11-13-38)20-27(39)36-14-16-37(17-15-36)29(41)24-18-21(8-9-25(24)32)19-26-22-6-4-5-7-23(22)28(40)34-33-26;1-2/h4-9,18H,10-17,19-20H2,1-3H3,(H,34,40);1-2H3. The molecule has 0 saturated carbocycles. The Hall–Kier alpha value is -4.32. The highest BCUT2D eigenvalue weighted by Gasteiger charge is 2.30. The lowest BCUT2D eigenvalue weighted by molar-refractivity contribution is -0.134. The van der Waals surface area contributed by atoms with Gasteiger partial charge in [-0.25, -0.2) is 14.3 Å². The number of benzene rings is 2. The Morgan fingerprint density at radius 3 is 2.11 bits per heavy atom. The molecule has 2 saturated heterocycles. The van der Waals surface area contributed by atoms with E-state index in [1.807, 2.05) is 51.7 Å². The first-order chi connectivity index (χ1) is 21.5. The lowest BCUT2D eigenvalue weighted by atomic mass is 10.0. The Balaban J connectivity index is 0.00000226. The van der Waals surface area contributed by atoms with Crippen LogP contribution in [0.15, 0.2) is 47.3 Å². The second-order valence-corrected chi connectivity index (χ2v) is 12.0. The van der Waals surface area contributed by atoms with Gasteiger partial charge in [0.25, 0.3) is 11.5 Å². The van der Waals surface area contributed by atoms with Crippen LogP contribution in [0.2, 0.25) is 0 Å². The summed E-state index contributed by atoms with van der Waals surface area (Å²) in [5.41, 5.74) is 0.440. The SMILES string of the molecule is CC.CC(C)(C)OC(=O)N1CCN(CC(=O)N2CCN(C(=O)c3cc(Cc4n[nH]c(=O)c5ccccc45)ccc3F)CC2)CC1. The minimum absolute atomic E-state index is 0.0335. The van der Waals surface area contributed by atoms with Crippen molar-refractivity contribution in [2.24, 2.45) is 0 Å². The average molecular weight is 623 g/mol. The summed E-state index contributed by atoms with van der Waals surface area (Å²) in [6.07, 6.45) is -0.0329. The van der Waals surface area contributed by atoms with Crippen LogP contribution in [0.25, 0.3) is 10.8 Å². The lowest BCUT2D eigenvalue weighted by Crippen LogP contribution is -2.55. The van der Waals surface area contributed by atoms with Crippen molar-refractivity contribution >= 4 is 28.7 Å². The number of amides is 3. The summed E-state index contributed by atoms with van der Waals surface area (Å²) in [5, 5.41) is 7.91. The van der Waals surface area contributed by atoms with Crippen molar-refractivity contribution in [2.45, 2.75) is 46.6 Å². The number of hydrogen-bond acceptors (Lipinski definition) is 7. The van der Waals surface area contributed by atoms with Crippen LogP contribution in [0.5, 0.6) is 0 Å². The van der Waals surface area contributed by atoms with Gasteiger partial charge < -0.3 is 19.4 Å². The summed E-state index contributed by atoms with van der Waals surface area (Å²) in [6.45, 7) is 13.2. The molecule has 45 heavy (non-hydrogen) atoms. The number of halogens is 1. The summed E-state index contributed by atoms with van der Waals surface area (Å²) in [6, 6.07) is 11.6. The summed E-state index contributed by atoms with van der Waals surface area (Å²) >= 11 is 0. The zero-order chi connectivity index (χ0) is 32.7. The highest BCUT2D eigenvalue weighted by molar-refractivity contribution is 5.95. The number of H-pyrrole nitrogens is 1. The van der Waals surface area contributed by atoms with Gasteiger partial charge in [-0.15, -0.1) is 0 Å². The van der Waals surface area contributed by atoms with Gasteiger partial charge in [0, 0.05) is 64.2 Å². The molecule has 0 unspecified atom stereocenters. The molecule has 1 N–H and O–H groups in total. The van der Waals surface area contributed by atoms with E-state index in [2.05, 4.69) is 10.2 Å². The number of nitrogens with one attached hydrogen (secondary N) is 1. The van der Waals surface area contributed by atoms with Crippen molar-refractivity contribution in [3.63, 3.8) is 0 Å². The van der Waals surface area contributed by atoms with Crippen molar-refractivity contribution in [3.05, 3.63) is 75.5 Å². The zero-order valence-corrected chi connectivity index (χ0v) is 26.8. The minimum atomic E-state index is -0.614. The van der Waals surface area contributed by atoms with Gasteiger partial charge in [0.1, 0.15) is 11.4 Å². The Labute approximate surface area is 262 Å². The predicted molar refractivity (Wildman–Crippen MR) is 170 cm³/mol. The molecule has 0 bridgehead atoms. The molecule has 12 heteroatoms. The van der Waals surface area contributed by atoms with Crippen LogP contribution in [0.1, 0.15) is 56.2 Å². The lowest BCUT2D eigenvalue weighted by Gasteiger charge is -2.38. The average Bonchev–Trinajstić information content (AvgIpc) is 3.03. The van der Waals surface area contributed by atoms with Crippen LogP contribution in [-0.2, 0) is 16.0 Å². The topological polar surface area (TPSA) is 119 Å². The second-order valence-electron chi connectivity index (χ2n) is 12.0. The molecule has 3 aromatic rings. The van der Waals surface area contributed by atoms with Crippen LogP contribution in [-0.4, -0.2) is 112 Å². The number of aromatic amines is 1. The smallest absolute Gasteiger partial charge is 0.410 e. The van der Waals surface area contributed by atoms with Crippen molar-refractivity contribution in [1.29, 1.82) is 0 Å². The van der Waals surface area contributed by atoms with E-state index < -0.39 is 17.3 Å². The molecular formula is C33H43FN6O5. The normalized spacial score (nSPS) is 15.8. The molecule has 2 fully saturated rings. The number of carbonyl (C=O) groups is 3. The summed E-state index contributed by atoms with van der Waals surface area (Å²) in [4.78, 5) is 57.7. The highest BCUT2D eigenvalue weighted by atomic mass is 19.1. The first-order valence-corrected chi connectivity index (χ1v) is 15.5. The van der Waals surface area contributed by atoms with Crippen LogP contribution in [0, 0.1) is 5.82 Å². The first kappa shape index (κ1) is 33.6. The molecule has 2 aliphatic heterocycles. The Morgan fingerprint density at radius 2 is 1.47 bits per heavy atom. The second kappa shape index (κ2) is 14.6. The number of piperazine rings is 2. The maximum Gasteiger partial charge on any atom is 0.410 e. The van der Waals surface area contributed by atoms with Gasteiger partial charge in [-0.3, -0.25) is 19.3 Å².